The number of hydrogen-bond donors (Lipinski definition) is 3. The zero-order valence-corrected chi connectivity index (χ0v) is 14.6. The Morgan fingerprint density at radius 3 is 2.26 bits per heavy atom. The largest absolute Gasteiger partial charge is 0.371 e. The Bertz CT molecular complexity index is 628. The van der Waals surface area contributed by atoms with Crippen molar-refractivity contribution in [3.8, 4) is 0 Å². The van der Waals surface area contributed by atoms with Gasteiger partial charge in [-0.2, -0.15) is 16.8 Å². The third kappa shape index (κ3) is 4.05. The molecule has 5 unspecified atom stereocenters. The molecule has 0 amide bonds. The molecule has 136 valence electrons. The maximum atomic E-state index is 11.5. The van der Waals surface area contributed by atoms with Gasteiger partial charge in [0, 0.05) is 0 Å². The van der Waals surface area contributed by atoms with E-state index in [1.54, 1.807) is 6.92 Å². The molecule has 0 aliphatic heterocycles. The van der Waals surface area contributed by atoms with Gasteiger partial charge in [-0.25, -0.2) is 0 Å². The van der Waals surface area contributed by atoms with Crippen LogP contribution in [-0.4, -0.2) is 53.4 Å². The number of aliphatic hydroxyl groups is 1. The first-order valence-electron chi connectivity index (χ1n) is 7.76. The summed E-state index contributed by atoms with van der Waals surface area (Å²) >= 11 is 0. The third-order valence-corrected chi connectivity index (χ3v) is 7.80. The van der Waals surface area contributed by atoms with Crippen molar-refractivity contribution < 1.29 is 35.8 Å². The fraction of sp³-hybridized carbons (Fsp3) is 1.00. The lowest BCUT2D eigenvalue weighted by molar-refractivity contribution is -0.125. The average Bonchev–Trinajstić information content (AvgIpc) is 2.41. The lowest BCUT2D eigenvalue weighted by atomic mass is 9.87. The fourth-order valence-corrected chi connectivity index (χ4v) is 5.67. The average molecular weight is 372 g/mol. The smallest absolute Gasteiger partial charge is 0.297 e. The number of rotatable bonds is 4. The molecule has 0 spiro atoms. The van der Waals surface area contributed by atoms with Crippen LogP contribution < -0.4 is 0 Å². The van der Waals surface area contributed by atoms with Crippen LogP contribution in [0.4, 0.5) is 0 Å². The fourth-order valence-electron chi connectivity index (χ4n) is 3.58. The first-order chi connectivity index (χ1) is 10.4. The molecule has 2 aliphatic rings. The monoisotopic (exact) mass is 372 g/mol. The second-order valence-electron chi connectivity index (χ2n) is 6.66. The molecule has 0 saturated heterocycles. The molecule has 2 aliphatic carbocycles. The Hall–Kier alpha value is -0.260. The Labute approximate surface area is 136 Å². The second kappa shape index (κ2) is 6.57. The summed E-state index contributed by atoms with van der Waals surface area (Å²) in [5.41, 5.74) is 0. The van der Waals surface area contributed by atoms with Gasteiger partial charge in [-0.05, 0) is 44.4 Å². The maximum absolute atomic E-state index is 11.5. The summed E-state index contributed by atoms with van der Waals surface area (Å²) in [6.07, 6.45) is 0.593. The Kier molecular flexibility index (Phi) is 5.44. The molecule has 23 heavy (non-hydrogen) atoms. The van der Waals surface area contributed by atoms with Crippen molar-refractivity contribution in [3.63, 3.8) is 0 Å². The highest BCUT2D eigenvalue weighted by Gasteiger charge is 2.51. The van der Waals surface area contributed by atoms with Gasteiger partial charge in [0.05, 0.1) is 11.4 Å². The van der Waals surface area contributed by atoms with Crippen LogP contribution >= 0.6 is 0 Å². The van der Waals surface area contributed by atoms with Crippen LogP contribution in [0.5, 0.6) is 0 Å². The molecule has 10 heteroatoms. The van der Waals surface area contributed by atoms with Crippen molar-refractivity contribution >= 4 is 20.2 Å². The van der Waals surface area contributed by atoms with E-state index in [0.29, 0.717) is 25.7 Å². The van der Waals surface area contributed by atoms with E-state index in [2.05, 4.69) is 0 Å². The standard InChI is InChI=1S/C13H24O8S2/c1-9-5-6-10(8-11(9)22(15,16)17)21-12-4-2-3-7-13(12,14)23(18,19)20/h9-12,14H,2-8H2,1H3,(H,15,16,17)(H,18,19,20). The van der Waals surface area contributed by atoms with Gasteiger partial charge in [0.15, 0.2) is 0 Å². The van der Waals surface area contributed by atoms with E-state index in [9.17, 15) is 31.0 Å². The zero-order valence-electron chi connectivity index (χ0n) is 13.0. The molecule has 5 atom stereocenters. The summed E-state index contributed by atoms with van der Waals surface area (Å²) < 4.78 is 70.2. The van der Waals surface area contributed by atoms with Crippen LogP contribution in [0.3, 0.4) is 0 Å². The molecule has 0 aromatic carbocycles. The molecular weight excluding hydrogens is 348 g/mol. The van der Waals surface area contributed by atoms with Crippen molar-refractivity contribution in [2.75, 3.05) is 0 Å². The minimum atomic E-state index is -4.72. The van der Waals surface area contributed by atoms with E-state index >= 15 is 0 Å². The molecule has 0 aromatic rings. The Morgan fingerprint density at radius 1 is 1.04 bits per heavy atom. The predicted octanol–water partition coefficient (Wildman–Crippen LogP) is 0.967. The van der Waals surface area contributed by atoms with Crippen LogP contribution in [0, 0.1) is 5.92 Å². The van der Waals surface area contributed by atoms with E-state index in [1.807, 2.05) is 0 Å². The lowest BCUT2D eigenvalue weighted by Gasteiger charge is -2.41. The minimum Gasteiger partial charge on any atom is -0.371 e. The molecule has 3 N–H and O–H groups in total. The van der Waals surface area contributed by atoms with Crippen LogP contribution in [0.15, 0.2) is 0 Å². The molecule has 2 saturated carbocycles. The van der Waals surface area contributed by atoms with Gasteiger partial charge in [0.25, 0.3) is 20.2 Å². The van der Waals surface area contributed by atoms with Gasteiger partial charge in [0.1, 0.15) is 6.10 Å². The van der Waals surface area contributed by atoms with Gasteiger partial charge in [0.2, 0.25) is 4.93 Å². The normalized spacial score (nSPS) is 40.0. The summed E-state index contributed by atoms with van der Waals surface area (Å²) in [7, 11) is -8.93. The quantitative estimate of drug-likeness (QED) is 0.620. The SMILES string of the molecule is CC1CCC(OC2CCCCC2(O)S(=O)(=O)O)CC1S(=O)(=O)O. The van der Waals surface area contributed by atoms with E-state index in [1.165, 1.54) is 0 Å². The van der Waals surface area contributed by atoms with Crippen molar-refractivity contribution in [1.82, 2.24) is 0 Å². The molecule has 0 heterocycles. The summed E-state index contributed by atoms with van der Waals surface area (Å²) in [5.74, 6) is -0.225. The molecular formula is C13H24O8S2. The zero-order chi connectivity index (χ0) is 17.5. The van der Waals surface area contributed by atoms with Crippen molar-refractivity contribution in [1.29, 1.82) is 0 Å². The van der Waals surface area contributed by atoms with Gasteiger partial charge in [-0.3, -0.25) is 9.11 Å². The van der Waals surface area contributed by atoms with Crippen LogP contribution in [0.2, 0.25) is 0 Å². The molecule has 2 rings (SSSR count). The Balaban J connectivity index is 2.14. The molecule has 0 bridgehead atoms. The third-order valence-electron chi connectivity index (χ3n) is 5.01. The summed E-state index contributed by atoms with van der Waals surface area (Å²) in [6.45, 7) is 1.73. The minimum absolute atomic E-state index is 0.0397. The van der Waals surface area contributed by atoms with E-state index in [-0.39, 0.29) is 25.2 Å². The van der Waals surface area contributed by atoms with Crippen molar-refractivity contribution in [2.45, 2.75) is 74.3 Å². The molecule has 8 nitrogen and oxygen atoms in total. The van der Waals surface area contributed by atoms with E-state index in [0.717, 1.165) is 0 Å². The molecule has 0 radical (unpaired) electrons. The first kappa shape index (κ1) is 19.1. The van der Waals surface area contributed by atoms with Crippen molar-refractivity contribution in [2.24, 2.45) is 5.92 Å². The first-order valence-corrected chi connectivity index (χ1v) is 10.7. The van der Waals surface area contributed by atoms with E-state index < -0.39 is 42.6 Å². The summed E-state index contributed by atoms with van der Waals surface area (Å²) in [6, 6.07) is 0. The van der Waals surface area contributed by atoms with E-state index in [4.69, 9.17) is 4.74 Å². The maximum Gasteiger partial charge on any atom is 0.297 e. The highest BCUT2D eigenvalue weighted by Crippen LogP contribution is 2.38. The second-order valence-corrected chi connectivity index (χ2v) is 9.95. The summed E-state index contributed by atoms with van der Waals surface area (Å²) in [5, 5.41) is 9.38. The summed E-state index contributed by atoms with van der Waals surface area (Å²) in [4.78, 5) is -2.36. The molecule has 0 aromatic heterocycles. The topological polar surface area (TPSA) is 138 Å². The number of hydrogen-bond acceptors (Lipinski definition) is 6. The van der Waals surface area contributed by atoms with Gasteiger partial charge < -0.3 is 9.84 Å². The number of ether oxygens (including phenoxy) is 1. The van der Waals surface area contributed by atoms with Gasteiger partial charge in [-0.15, -0.1) is 0 Å². The van der Waals surface area contributed by atoms with Gasteiger partial charge >= 0.3 is 0 Å². The van der Waals surface area contributed by atoms with Crippen LogP contribution in [0.1, 0.15) is 51.9 Å². The molecule has 2 fully saturated rings. The predicted molar refractivity (Wildman–Crippen MR) is 82.0 cm³/mol. The highest BCUT2D eigenvalue weighted by atomic mass is 32.2. The van der Waals surface area contributed by atoms with Crippen LogP contribution in [-0.2, 0) is 25.0 Å². The van der Waals surface area contributed by atoms with Crippen LogP contribution in [0.25, 0.3) is 0 Å². The highest BCUT2D eigenvalue weighted by molar-refractivity contribution is 7.87. The van der Waals surface area contributed by atoms with Crippen molar-refractivity contribution in [3.05, 3.63) is 0 Å². The lowest BCUT2D eigenvalue weighted by Crippen LogP contribution is -2.54. The van der Waals surface area contributed by atoms with Gasteiger partial charge in [-0.1, -0.05) is 13.3 Å². The Morgan fingerprint density at radius 2 is 1.70 bits per heavy atom.